The van der Waals surface area contributed by atoms with Gasteiger partial charge in [-0.2, -0.15) is 0 Å². The van der Waals surface area contributed by atoms with E-state index in [0.717, 1.165) is 5.01 Å². The van der Waals surface area contributed by atoms with Gasteiger partial charge in [0.15, 0.2) is 6.29 Å². The first-order chi connectivity index (χ1) is 20.2. The molecule has 0 aromatic heterocycles. The van der Waals surface area contributed by atoms with Crippen LogP contribution in [0.25, 0.3) is 0 Å². The normalized spacial score (nSPS) is 19.8. The Morgan fingerprint density at radius 2 is 1.79 bits per heavy atom. The van der Waals surface area contributed by atoms with Crippen molar-refractivity contribution >= 4 is 53.0 Å². The average molecular weight is 620 g/mol. The zero-order valence-corrected chi connectivity index (χ0v) is 24.0. The lowest BCUT2D eigenvalue weighted by atomic mass is 10.0. The SMILES string of the molecule is O=C(N[C@H]1CCC(=O)N2CCC[C@@H](C(=O)N[C@H](C=NOCc3c(Cl)cccc3Cl)CC(O)O)N2C1=O)c1ccccc1. The number of aliphatic hydroxyl groups is 2. The van der Waals surface area contributed by atoms with Crippen LogP contribution in [-0.4, -0.2) is 81.0 Å². The molecule has 4 amide bonds. The van der Waals surface area contributed by atoms with Crippen molar-refractivity contribution in [1.82, 2.24) is 20.7 Å². The molecule has 0 saturated carbocycles. The lowest BCUT2D eigenvalue weighted by molar-refractivity contribution is -0.176. The van der Waals surface area contributed by atoms with Crippen LogP contribution in [0.1, 0.15) is 48.0 Å². The van der Waals surface area contributed by atoms with Crippen LogP contribution >= 0.6 is 23.2 Å². The van der Waals surface area contributed by atoms with E-state index in [9.17, 15) is 29.4 Å². The third-order valence-corrected chi connectivity index (χ3v) is 7.59. The number of amides is 4. The van der Waals surface area contributed by atoms with Gasteiger partial charge in [0.05, 0.1) is 12.3 Å². The number of benzene rings is 2. The van der Waals surface area contributed by atoms with Crippen molar-refractivity contribution in [3.8, 4) is 0 Å². The number of nitrogens with one attached hydrogen (secondary N) is 2. The molecule has 224 valence electrons. The number of oxime groups is 1. The minimum atomic E-state index is -1.79. The van der Waals surface area contributed by atoms with Crippen molar-refractivity contribution in [3.63, 3.8) is 0 Å². The maximum absolute atomic E-state index is 13.7. The first kappa shape index (κ1) is 31.2. The van der Waals surface area contributed by atoms with Gasteiger partial charge in [0.25, 0.3) is 11.8 Å². The second-order valence-corrected chi connectivity index (χ2v) is 10.7. The summed E-state index contributed by atoms with van der Waals surface area (Å²) in [5.74, 6) is -2.04. The molecule has 14 heteroatoms. The lowest BCUT2D eigenvalue weighted by Gasteiger charge is -2.43. The molecule has 2 saturated heterocycles. The van der Waals surface area contributed by atoms with Gasteiger partial charge in [-0.25, -0.2) is 5.01 Å². The average Bonchev–Trinajstić information content (AvgIpc) is 3.08. The van der Waals surface area contributed by atoms with Crippen molar-refractivity contribution < 1.29 is 34.2 Å². The number of halogens is 2. The minimum Gasteiger partial charge on any atom is -0.391 e. The van der Waals surface area contributed by atoms with E-state index < -0.39 is 42.1 Å². The van der Waals surface area contributed by atoms with Gasteiger partial charge in [0.2, 0.25) is 11.8 Å². The van der Waals surface area contributed by atoms with Crippen molar-refractivity contribution in [2.45, 2.75) is 63.1 Å². The molecular formula is C28H31Cl2N5O7. The van der Waals surface area contributed by atoms with E-state index >= 15 is 0 Å². The molecular weight excluding hydrogens is 589 g/mol. The topological polar surface area (TPSA) is 161 Å². The van der Waals surface area contributed by atoms with E-state index in [1.54, 1.807) is 48.5 Å². The fraction of sp³-hybridized carbons (Fsp3) is 0.393. The van der Waals surface area contributed by atoms with E-state index in [2.05, 4.69) is 15.8 Å². The molecule has 3 atom stereocenters. The van der Waals surface area contributed by atoms with Gasteiger partial charge in [-0.1, -0.05) is 52.6 Å². The smallest absolute Gasteiger partial charge is 0.264 e. The standard InChI is InChI=1S/C28H31Cl2N5O7/c29-20-8-4-9-21(30)19(20)16-42-31-15-18(14-25(37)38)32-27(40)23-10-5-13-34-24(36)12-11-22(28(41)35(23)34)33-26(39)17-6-2-1-3-7-17/h1-4,6-9,15,18,22-23,25,37-38H,5,10-14,16H2,(H,32,40)(H,33,39)/t18-,22-,23-/m0/s1. The predicted octanol–water partition coefficient (Wildman–Crippen LogP) is 2.01. The van der Waals surface area contributed by atoms with E-state index in [-0.39, 0.29) is 44.7 Å². The van der Waals surface area contributed by atoms with Crippen LogP contribution in [0.3, 0.4) is 0 Å². The van der Waals surface area contributed by atoms with E-state index in [0.29, 0.717) is 27.6 Å². The van der Waals surface area contributed by atoms with Gasteiger partial charge < -0.3 is 25.7 Å². The van der Waals surface area contributed by atoms with Crippen molar-refractivity contribution in [2.24, 2.45) is 5.16 Å². The minimum absolute atomic E-state index is 0.00902. The largest absolute Gasteiger partial charge is 0.391 e. The Morgan fingerprint density at radius 3 is 2.48 bits per heavy atom. The number of fused-ring (bicyclic) bond motifs is 1. The fourth-order valence-corrected chi connectivity index (χ4v) is 5.30. The highest BCUT2D eigenvalue weighted by molar-refractivity contribution is 6.35. The van der Waals surface area contributed by atoms with Crippen LogP contribution in [0.2, 0.25) is 10.0 Å². The highest BCUT2D eigenvalue weighted by atomic mass is 35.5. The van der Waals surface area contributed by atoms with Gasteiger partial charge >= 0.3 is 0 Å². The zero-order valence-electron chi connectivity index (χ0n) is 22.5. The highest BCUT2D eigenvalue weighted by Gasteiger charge is 2.44. The van der Waals surface area contributed by atoms with Gasteiger partial charge in [0, 0.05) is 40.6 Å². The zero-order chi connectivity index (χ0) is 30.2. The van der Waals surface area contributed by atoms with Crippen LogP contribution in [0, 0.1) is 0 Å². The number of carbonyl (C=O) groups is 4. The summed E-state index contributed by atoms with van der Waals surface area (Å²) in [4.78, 5) is 58.1. The second-order valence-electron chi connectivity index (χ2n) is 9.85. The summed E-state index contributed by atoms with van der Waals surface area (Å²) >= 11 is 12.3. The van der Waals surface area contributed by atoms with Crippen LogP contribution in [0.5, 0.6) is 0 Å². The third kappa shape index (κ3) is 7.77. The summed E-state index contributed by atoms with van der Waals surface area (Å²) in [5, 5.41) is 31.5. The van der Waals surface area contributed by atoms with Gasteiger partial charge in [-0.15, -0.1) is 0 Å². The molecule has 0 bridgehead atoms. The summed E-state index contributed by atoms with van der Waals surface area (Å²) in [6.45, 7) is 0.168. The summed E-state index contributed by atoms with van der Waals surface area (Å²) in [5.41, 5.74) is 0.857. The van der Waals surface area contributed by atoms with Crippen molar-refractivity contribution in [3.05, 3.63) is 69.7 Å². The molecule has 0 unspecified atom stereocenters. The predicted molar refractivity (Wildman–Crippen MR) is 153 cm³/mol. The van der Waals surface area contributed by atoms with Crippen LogP contribution in [0.4, 0.5) is 0 Å². The molecule has 0 aliphatic carbocycles. The molecule has 12 nitrogen and oxygen atoms in total. The van der Waals surface area contributed by atoms with Crippen LogP contribution in [0.15, 0.2) is 53.7 Å². The molecule has 0 radical (unpaired) electrons. The van der Waals surface area contributed by atoms with Gasteiger partial charge in [0.1, 0.15) is 18.7 Å². The van der Waals surface area contributed by atoms with Crippen molar-refractivity contribution in [2.75, 3.05) is 6.54 Å². The number of hydrogen-bond donors (Lipinski definition) is 4. The van der Waals surface area contributed by atoms with E-state index in [1.165, 1.54) is 11.2 Å². The number of rotatable bonds is 10. The monoisotopic (exact) mass is 619 g/mol. The van der Waals surface area contributed by atoms with Crippen LogP contribution in [-0.2, 0) is 25.8 Å². The molecule has 2 aromatic rings. The Bertz CT molecular complexity index is 1310. The first-order valence-electron chi connectivity index (χ1n) is 13.4. The molecule has 2 fully saturated rings. The molecule has 4 N–H and O–H groups in total. The van der Waals surface area contributed by atoms with E-state index in [1.807, 2.05) is 0 Å². The Morgan fingerprint density at radius 1 is 1.07 bits per heavy atom. The number of aliphatic hydroxyl groups excluding tert-OH is 1. The summed E-state index contributed by atoms with van der Waals surface area (Å²) in [6.07, 6.45) is -0.149. The number of nitrogens with zero attached hydrogens (tertiary/aromatic N) is 3. The number of hydrazine groups is 1. The highest BCUT2D eigenvalue weighted by Crippen LogP contribution is 2.26. The second kappa shape index (κ2) is 14.5. The summed E-state index contributed by atoms with van der Waals surface area (Å²) in [7, 11) is 0. The Hall–Kier alpha value is -3.71. The third-order valence-electron chi connectivity index (χ3n) is 6.88. The molecule has 0 spiro atoms. The maximum Gasteiger partial charge on any atom is 0.264 e. The first-order valence-corrected chi connectivity index (χ1v) is 14.2. The lowest BCUT2D eigenvalue weighted by Crippen LogP contribution is -2.64. The molecule has 4 rings (SSSR count). The Kier molecular flexibility index (Phi) is 10.7. The van der Waals surface area contributed by atoms with E-state index in [4.69, 9.17) is 28.0 Å². The summed E-state index contributed by atoms with van der Waals surface area (Å²) in [6, 6.07) is 10.2. The Labute approximate surface area is 252 Å². The molecule has 2 aliphatic heterocycles. The number of carbonyl (C=O) groups excluding carboxylic acids is 4. The van der Waals surface area contributed by atoms with Gasteiger partial charge in [-0.05, 0) is 43.5 Å². The summed E-state index contributed by atoms with van der Waals surface area (Å²) < 4.78 is 0. The number of hydrogen-bond acceptors (Lipinski definition) is 8. The molecule has 42 heavy (non-hydrogen) atoms. The quantitative estimate of drug-likeness (QED) is 0.180. The molecule has 2 heterocycles. The van der Waals surface area contributed by atoms with Crippen LogP contribution < -0.4 is 10.6 Å². The van der Waals surface area contributed by atoms with Crippen molar-refractivity contribution in [1.29, 1.82) is 0 Å². The maximum atomic E-state index is 13.7. The van der Waals surface area contributed by atoms with Gasteiger partial charge in [-0.3, -0.25) is 24.2 Å². The Balaban J connectivity index is 1.47. The molecule has 2 aliphatic rings. The fourth-order valence-electron chi connectivity index (χ4n) is 4.79. The molecule has 2 aromatic carbocycles.